The number of nitrogens with zero attached hydrogens (tertiary/aromatic N) is 1. The van der Waals surface area contributed by atoms with Gasteiger partial charge >= 0.3 is 0 Å². The second-order valence-electron chi connectivity index (χ2n) is 6.53. The third-order valence-corrected chi connectivity index (χ3v) is 4.02. The number of H-pyrrole nitrogens is 1. The number of aromatic nitrogens is 2. The maximum absolute atomic E-state index is 4.18. The highest BCUT2D eigenvalue weighted by molar-refractivity contribution is 5.62. The minimum atomic E-state index is 0.339. The van der Waals surface area contributed by atoms with Gasteiger partial charge in [-0.05, 0) is 23.4 Å². The molecule has 0 fully saturated rings. The molecule has 0 amide bonds. The Labute approximate surface area is 121 Å². The van der Waals surface area contributed by atoms with Crippen molar-refractivity contribution in [2.24, 2.45) is 11.3 Å². The van der Waals surface area contributed by atoms with E-state index < -0.39 is 0 Å². The highest BCUT2D eigenvalue weighted by Gasteiger charge is 2.19. The van der Waals surface area contributed by atoms with E-state index in [1.165, 1.54) is 11.1 Å². The van der Waals surface area contributed by atoms with Gasteiger partial charge in [0.15, 0.2) is 0 Å². The first-order chi connectivity index (χ1) is 9.48. The minimum absolute atomic E-state index is 0.339. The molecule has 2 aromatic rings. The van der Waals surface area contributed by atoms with Crippen LogP contribution in [0.2, 0.25) is 0 Å². The smallest absolute Gasteiger partial charge is 0.0695 e. The molecule has 3 heteroatoms. The second-order valence-corrected chi connectivity index (χ2v) is 6.53. The molecular weight excluding hydrogens is 246 g/mol. The lowest BCUT2D eigenvalue weighted by molar-refractivity contribution is 0.252. The maximum Gasteiger partial charge on any atom is 0.0695 e. The Kier molecular flexibility index (Phi) is 4.61. The van der Waals surface area contributed by atoms with Gasteiger partial charge in [0, 0.05) is 12.1 Å². The molecule has 0 saturated heterocycles. The van der Waals surface area contributed by atoms with Gasteiger partial charge in [0.05, 0.1) is 11.9 Å². The fourth-order valence-corrected chi connectivity index (χ4v) is 2.03. The van der Waals surface area contributed by atoms with E-state index in [0.29, 0.717) is 11.3 Å². The van der Waals surface area contributed by atoms with Crippen molar-refractivity contribution in [1.82, 2.24) is 15.5 Å². The average molecular weight is 271 g/mol. The van der Waals surface area contributed by atoms with Crippen LogP contribution in [0.5, 0.6) is 0 Å². The Hall–Kier alpha value is -1.61. The van der Waals surface area contributed by atoms with Crippen LogP contribution in [0, 0.1) is 11.3 Å². The lowest BCUT2D eigenvalue weighted by Crippen LogP contribution is -2.29. The summed E-state index contributed by atoms with van der Waals surface area (Å²) in [4.78, 5) is 0. The Morgan fingerprint density at radius 3 is 2.55 bits per heavy atom. The Bertz CT molecular complexity index is 523. The fourth-order valence-electron chi connectivity index (χ4n) is 2.03. The summed E-state index contributed by atoms with van der Waals surface area (Å²) in [7, 11) is 0. The highest BCUT2D eigenvalue weighted by Crippen LogP contribution is 2.25. The van der Waals surface area contributed by atoms with Gasteiger partial charge in [0.2, 0.25) is 0 Å². The zero-order valence-electron chi connectivity index (χ0n) is 12.9. The van der Waals surface area contributed by atoms with E-state index >= 15 is 0 Å². The standard InChI is InChI=1S/C17H25N3/c1-13(17(2,3)4)10-18-11-15-12-19-20-16(15)14-8-6-5-7-9-14/h5-9,12-13,18H,10-11H2,1-4H3,(H,19,20). The van der Waals surface area contributed by atoms with Gasteiger partial charge in [-0.3, -0.25) is 5.10 Å². The maximum atomic E-state index is 4.18. The lowest BCUT2D eigenvalue weighted by atomic mass is 9.82. The third-order valence-electron chi connectivity index (χ3n) is 4.02. The molecule has 20 heavy (non-hydrogen) atoms. The zero-order valence-corrected chi connectivity index (χ0v) is 12.9. The van der Waals surface area contributed by atoms with Crippen molar-refractivity contribution in [3.63, 3.8) is 0 Å². The molecular formula is C17H25N3. The molecule has 3 nitrogen and oxygen atoms in total. The van der Waals surface area contributed by atoms with Crippen molar-refractivity contribution in [2.45, 2.75) is 34.2 Å². The first kappa shape index (κ1) is 14.8. The second kappa shape index (κ2) is 6.23. The highest BCUT2D eigenvalue weighted by atomic mass is 15.1. The van der Waals surface area contributed by atoms with Crippen molar-refractivity contribution in [2.75, 3.05) is 6.54 Å². The van der Waals surface area contributed by atoms with Crippen LogP contribution >= 0.6 is 0 Å². The summed E-state index contributed by atoms with van der Waals surface area (Å²) < 4.78 is 0. The fraction of sp³-hybridized carbons (Fsp3) is 0.471. The molecule has 0 radical (unpaired) electrons. The summed E-state index contributed by atoms with van der Waals surface area (Å²) in [5.41, 5.74) is 3.86. The van der Waals surface area contributed by atoms with Crippen molar-refractivity contribution < 1.29 is 0 Å². The molecule has 1 aromatic heterocycles. The van der Waals surface area contributed by atoms with Crippen molar-refractivity contribution in [1.29, 1.82) is 0 Å². The van der Waals surface area contributed by atoms with E-state index in [0.717, 1.165) is 18.8 Å². The van der Waals surface area contributed by atoms with Gasteiger partial charge in [-0.25, -0.2) is 0 Å². The molecule has 2 rings (SSSR count). The molecule has 1 unspecified atom stereocenters. The number of aromatic amines is 1. The zero-order chi connectivity index (χ0) is 14.6. The van der Waals surface area contributed by atoms with Crippen LogP contribution in [0.4, 0.5) is 0 Å². The topological polar surface area (TPSA) is 40.7 Å². The predicted octanol–water partition coefficient (Wildman–Crippen LogP) is 3.85. The summed E-state index contributed by atoms with van der Waals surface area (Å²) in [6.45, 7) is 11.0. The minimum Gasteiger partial charge on any atom is -0.312 e. The van der Waals surface area contributed by atoms with Gasteiger partial charge in [-0.15, -0.1) is 0 Å². The van der Waals surface area contributed by atoms with Gasteiger partial charge in [-0.1, -0.05) is 58.0 Å². The predicted molar refractivity (Wildman–Crippen MR) is 84.3 cm³/mol. The largest absolute Gasteiger partial charge is 0.312 e. The SMILES string of the molecule is CC(CNCc1cn[nH]c1-c1ccccc1)C(C)(C)C. The number of rotatable bonds is 5. The van der Waals surface area contributed by atoms with E-state index in [1.54, 1.807) is 0 Å². The van der Waals surface area contributed by atoms with Crippen molar-refractivity contribution in [3.05, 3.63) is 42.1 Å². The van der Waals surface area contributed by atoms with Crippen LogP contribution in [-0.2, 0) is 6.54 Å². The van der Waals surface area contributed by atoms with Crippen LogP contribution in [0.25, 0.3) is 11.3 Å². The molecule has 1 aromatic carbocycles. The first-order valence-electron chi connectivity index (χ1n) is 7.27. The summed E-state index contributed by atoms with van der Waals surface area (Å²) >= 11 is 0. The van der Waals surface area contributed by atoms with Gasteiger partial charge in [0.1, 0.15) is 0 Å². The monoisotopic (exact) mass is 271 g/mol. The molecule has 0 aliphatic heterocycles. The van der Waals surface area contributed by atoms with Crippen molar-refractivity contribution >= 4 is 0 Å². The third kappa shape index (κ3) is 3.70. The molecule has 0 aliphatic carbocycles. The molecule has 0 aliphatic rings. The Balaban J connectivity index is 1.97. The lowest BCUT2D eigenvalue weighted by Gasteiger charge is -2.27. The number of hydrogen-bond donors (Lipinski definition) is 2. The molecule has 0 saturated carbocycles. The van der Waals surface area contributed by atoms with Crippen LogP contribution in [0.3, 0.4) is 0 Å². The average Bonchev–Trinajstić information content (AvgIpc) is 2.87. The summed E-state index contributed by atoms with van der Waals surface area (Å²) in [5.74, 6) is 0.634. The molecule has 2 N–H and O–H groups in total. The van der Waals surface area contributed by atoms with E-state index in [2.05, 4.69) is 67.5 Å². The molecule has 0 spiro atoms. The summed E-state index contributed by atoms with van der Waals surface area (Å²) in [5, 5.41) is 10.8. The van der Waals surface area contributed by atoms with E-state index in [-0.39, 0.29) is 0 Å². The number of benzene rings is 1. The molecule has 108 valence electrons. The molecule has 0 bridgehead atoms. The van der Waals surface area contributed by atoms with Gasteiger partial charge < -0.3 is 5.32 Å². The summed E-state index contributed by atoms with van der Waals surface area (Å²) in [6.07, 6.45) is 1.91. The quantitative estimate of drug-likeness (QED) is 0.867. The van der Waals surface area contributed by atoms with Crippen molar-refractivity contribution in [3.8, 4) is 11.3 Å². The first-order valence-corrected chi connectivity index (χ1v) is 7.27. The number of nitrogens with one attached hydrogen (secondary N) is 2. The van der Waals surface area contributed by atoms with Crippen LogP contribution < -0.4 is 5.32 Å². The van der Waals surface area contributed by atoms with Crippen LogP contribution in [0.1, 0.15) is 33.3 Å². The Morgan fingerprint density at radius 1 is 1.20 bits per heavy atom. The van der Waals surface area contributed by atoms with E-state index in [1.807, 2.05) is 12.3 Å². The van der Waals surface area contributed by atoms with Gasteiger partial charge in [0.25, 0.3) is 0 Å². The summed E-state index contributed by atoms with van der Waals surface area (Å²) in [6, 6.07) is 10.3. The molecule has 1 atom stereocenters. The normalized spacial score (nSPS) is 13.4. The van der Waals surface area contributed by atoms with Gasteiger partial charge in [-0.2, -0.15) is 5.10 Å². The van der Waals surface area contributed by atoms with E-state index in [9.17, 15) is 0 Å². The molecule has 1 heterocycles. The van der Waals surface area contributed by atoms with Crippen LogP contribution in [-0.4, -0.2) is 16.7 Å². The van der Waals surface area contributed by atoms with E-state index in [4.69, 9.17) is 0 Å². The Morgan fingerprint density at radius 2 is 1.90 bits per heavy atom. The number of hydrogen-bond acceptors (Lipinski definition) is 2. The van der Waals surface area contributed by atoms with Crippen LogP contribution in [0.15, 0.2) is 36.5 Å².